The minimum atomic E-state index is -2.89. The Labute approximate surface area is 95.5 Å². The molecule has 0 spiro atoms. The molecule has 0 saturated carbocycles. The smallest absolute Gasteiger partial charge is 0.264 e. The van der Waals surface area contributed by atoms with Crippen LogP contribution < -0.4 is 10.5 Å². The molecule has 84 valence electrons. The van der Waals surface area contributed by atoms with Crippen LogP contribution in [0.4, 0.5) is 8.78 Å². The van der Waals surface area contributed by atoms with E-state index in [-0.39, 0.29) is 0 Å². The largest absolute Gasteiger partial charge is 0.496 e. The van der Waals surface area contributed by atoms with Gasteiger partial charge in [0.05, 0.1) is 13.7 Å². The van der Waals surface area contributed by atoms with Crippen LogP contribution in [0, 0.1) is 0 Å². The van der Waals surface area contributed by atoms with Gasteiger partial charge in [-0.15, -0.1) is 0 Å². The average molecular weight is 280 g/mol. The van der Waals surface area contributed by atoms with Gasteiger partial charge in [-0.1, -0.05) is 15.9 Å². The summed E-state index contributed by atoms with van der Waals surface area (Å²) in [7, 11) is 1.45. The van der Waals surface area contributed by atoms with Gasteiger partial charge in [0.2, 0.25) is 0 Å². The quantitative estimate of drug-likeness (QED) is 0.920. The van der Waals surface area contributed by atoms with Gasteiger partial charge in [-0.25, -0.2) is 8.78 Å². The van der Waals surface area contributed by atoms with E-state index in [1.165, 1.54) is 7.11 Å². The highest BCUT2D eigenvalue weighted by Gasteiger charge is 2.28. The van der Waals surface area contributed by atoms with Crippen molar-refractivity contribution in [2.24, 2.45) is 5.73 Å². The lowest BCUT2D eigenvalue weighted by molar-refractivity contribution is 0.0109. The summed E-state index contributed by atoms with van der Waals surface area (Å²) >= 11 is 3.22. The maximum absolute atomic E-state index is 13.1. The molecule has 2 N–H and O–H groups in total. The van der Waals surface area contributed by atoms with Crippen LogP contribution in [0.1, 0.15) is 5.56 Å². The van der Waals surface area contributed by atoms with E-state index in [2.05, 4.69) is 15.9 Å². The van der Waals surface area contributed by atoms with Crippen LogP contribution in [0.15, 0.2) is 22.7 Å². The van der Waals surface area contributed by atoms with Crippen molar-refractivity contribution in [3.63, 3.8) is 0 Å². The molecule has 0 aromatic heterocycles. The maximum atomic E-state index is 13.1. The summed E-state index contributed by atoms with van der Waals surface area (Å²) in [4.78, 5) is 0. The number of methoxy groups -OCH3 is 1. The highest BCUT2D eigenvalue weighted by molar-refractivity contribution is 9.10. The monoisotopic (exact) mass is 279 g/mol. The molecule has 0 fully saturated rings. The lowest BCUT2D eigenvalue weighted by Gasteiger charge is -2.16. The van der Waals surface area contributed by atoms with Gasteiger partial charge >= 0.3 is 0 Å². The Kier molecular flexibility index (Phi) is 4.04. The average Bonchev–Trinajstić information content (AvgIpc) is 2.18. The Balaban J connectivity index is 2.97. The van der Waals surface area contributed by atoms with Crippen LogP contribution in [0.5, 0.6) is 5.75 Å². The maximum Gasteiger partial charge on any atom is 0.264 e. The Hall–Kier alpha value is -0.680. The first kappa shape index (κ1) is 12.4. The van der Waals surface area contributed by atoms with Gasteiger partial charge in [0.25, 0.3) is 5.92 Å². The van der Waals surface area contributed by atoms with Crippen LogP contribution in [-0.4, -0.2) is 19.6 Å². The van der Waals surface area contributed by atoms with Gasteiger partial charge < -0.3 is 10.5 Å². The summed E-state index contributed by atoms with van der Waals surface area (Å²) in [6.07, 6.45) is -0.411. The lowest BCUT2D eigenvalue weighted by atomic mass is 10.1. The van der Waals surface area contributed by atoms with Crippen LogP contribution >= 0.6 is 15.9 Å². The minimum Gasteiger partial charge on any atom is -0.496 e. The summed E-state index contributed by atoms with van der Waals surface area (Å²) in [5.74, 6) is -2.44. The first-order valence-corrected chi connectivity index (χ1v) is 5.18. The Morgan fingerprint density at radius 3 is 2.67 bits per heavy atom. The van der Waals surface area contributed by atoms with E-state index in [4.69, 9.17) is 10.5 Å². The molecule has 1 rings (SSSR count). The second-order valence-electron chi connectivity index (χ2n) is 3.19. The summed E-state index contributed by atoms with van der Waals surface area (Å²) in [5, 5.41) is 0. The first-order valence-electron chi connectivity index (χ1n) is 4.39. The molecular formula is C10H12BrF2NO. The van der Waals surface area contributed by atoms with E-state index in [9.17, 15) is 8.78 Å². The third kappa shape index (κ3) is 3.43. The molecule has 2 nitrogen and oxygen atoms in total. The number of nitrogens with two attached hydrogens (primary N) is 1. The number of hydrogen-bond donors (Lipinski definition) is 1. The standard InChI is InChI=1S/C10H12BrF2NO/c1-15-9-3-2-8(11)4-7(9)5-10(12,13)6-14/h2-4H,5-6,14H2,1H3. The highest BCUT2D eigenvalue weighted by atomic mass is 79.9. The predicted molar refractivity (Wildman–Crippen MR) is 58.4 cm³/mol. The molecule has 0 aliphatic heterocycles. The number of halogens is 3. The minimum absolute atomic E-state index is 0.411. The molecule has 0 aliphatic carbocycles. The molecule has 0 bridgehead atoms. The van der Waals surface area contributed by atoms with Gasteiger partial charge in [-0.2, -0.15) is 0 Å². The van der Waals surface area contributed by atoms with Crippen molar-refractivity contribution in [1.82, 2.24) is 0 Å². The third-order valence-corrected chi connectivity index (χ3v) is 2.48. The van der Waals surface area contributed by atoms with Gasteiger partial charge in [-0.3, -0.25) is 0 Å². The number of rotatable bonds is 4. The SMILES string of the molecule is COc1ccc(Br)cc1CC(F)(F)CN. The van der Waals surface area contributed by atoms with E-state index in [0.29, 0.717) is 11.3 Å². The lowest BCUT2D eigenvalue weighted by Crippen LogP contribution is -2.30. The van der Waals surface area contributed by atoms with Gasteiger partial charge in [0, 0.05) is 16.5 Å². The number of alkyl halides is 2. The summed E-state index contributed by atoms with van der Waals surface area (Å²) < 4.78 is 31.9. The van der Waals surface area contributed by atoms with Gasteiger partial charge in [0.15, 0.2) is 0 Å². The molecule has 0 aliphatic rings. The second kappa shape index (κ2) is 4.90. The molecule has 1 aromatic carbocycles. The molecular weight excluding hydrogens is 268 g/mol. The van der Waals surface area contributed by atoms with Gasteiger partial charge in [0.1, 0.15) is 5.75 Å². The summed E-state index contributed by atoms with van der Waals surface area (Å²) in [6.45, 7) is -0.664. The van der Waals surface area contributed by atoms with Crippen molar-refractivity contribution >= 4 is 15.9 Å². The van der Waals surface area contributed by atoms with E-state index < -0.39 is 18.9 Å². The molecule has 1 aromatic rings. The highest BCUT2D eigenvalue weighted by Crippen LogP contribution is 2.28. The Morgan fingerprint density at radius 2 is 2.13 bits per heavy atom. The van der Waals surface area contributed by atoms with E-state index in [1.54, 1.807) is 18.2 Å². The van der Waals surface area contributed by atoms with Crippen molar-refractivity contribution in [2.75, 3.05) is 13.7 Å². The van der Waals surface area contributed by atoms with Crippen molar-refractivity contribution in [1.29, 1.82) is 0 Å². The summed E-state index contributed by atoms with van der Waals surface area (Å²) in [5.41, 5.74) is 5.43. The van der Waals surface area contributed by atoms with E-state index in [1.807, 2.05) is 0 Å². The molecule has 0 heterocycles. The molecule has 0 unspecified atom stereocenters. The van der Waals surface area contributed by atoms with Crippen LogP contribution in [-0.2, 0) is 6.42 Å². The zero-order chi connectivity index (χ0) is 11.5. The fourth-order valence-corrected chi connectivity index (χ4v) is 1.64. The number of ether oxygens (including phenoxy) is 1. The van der Waals surface area contributed by atoms with Crippen LogP contribution in [0.25, 0.3) is 0 Å². The summed E-state index contributed by atoms with van der Waals surface area (Å²) in [6, 6.07) is 5.00. The molecule has 0 radical (unpaired) electrons. The van der Waals surface area contributed by atoms with Crippen molar-refractivity contribution in [3.05, 3.63) is 28.2 Å². The molecule has 0 saturated heterocycles. The fraction of sp³-hybridized carbons (Fsp3) is 0.400. The van der Waals surface area contributed by atoms with E-state index >= 15 is 0 Å². The van der Waals surface area contributed by atoms with Crippen molar-refractivity contribution in [2.45, 2.75) is 12.3 Å². The topological polar surface area (TPSA) is 35.2 Å². The normalized spacial score (nSPS) is 11.5. The third-order valence-electron chi connectivity index (χ3n) is 1.99. The van der Waals surface area contributed by atoms with Crippen molar-refractivity contribution < 1.29 is 13.5 Å². The van der Waals surface area contributed by atoms with E-state index in [0.717, 1.165) is 4.47 Å². The first-order chi connectivity index (χ1) is 6.98. The molecule has 0 amide bonds. The predicted octanol–water partition coefficient (Wildman–Crippen LogP) is 2.59. The second-order valence-corrected chi connectivity index (χ2v) is 4.11. The number of hydrogen-bond acceptors (Lipinski definition) is 2. The molecule has 15 heavy (non-hydrogen) atoms. The molecule has 5 heteroatoms. The number of benzene rings is 1. The van der Waals surface area contributed by atoms with Gasteiger partial charge in [-0.05, 0) is 18.2 Å². The zero-order valence-electron chi connectivity index (χ0n) is 8.27. The Bertz CT molecular complexity index is 344. The fourth-order valence-electron chi connectivity index (χ4n) is 1.24. The Morgan fingerprint density at radius 1 is 1.47 bits per heavy atom. The zero-order valence-corrected chi connectivity index (χ0v) is 9.85. The molecule has 0 atom stereocenters. The van der Waals surface area contributed by atoms with Crippen LogP contribution in [0.2, 0.25) is 0 Å². The van der Waals surface area contributed by atoms with Crippen LogP contribution in [0.3, 0.4) is 0 Å². The van der Waals surface area contributed by atoms with Crippen molar-refractivity contribution in [3.8, 4) is 5.75 Å².